The lowest BCUT2D eigenvalue weighted by molar-refractivity contribution is -0.128. The molecule has 1 aliphatic carbocycles. The van der Waals surface area contributed by atoms with Gasteiger partial charge in [0.1, 0.15) is 11.0 Å². The van der Waals surface area contributed by atoms with Crippen LogP contribution in [0.3, 0.4) is 0 Å². The van der Waals surface area contributed by atoms with Crippen LogP contribution in [0.4, 0.5) is 0 Å². The van der Waals surface area contributed by atoms with E-state index in [-0.39, 0.29) is 0 Å². The smallest absolute Gasteiger partial charge is 0.153 e. The van der Waals surface area contributed by atoms with E-state index in [4.69, 9.17) is 0 Å². The van der Waals surface area contributed by atoms with Crippen molar-refractivity contribution in [1.82, 2.24) is 0 Å². The number of hydrogen-bond donors (Lipinski definition) is 1. The standard InChI is InChI=1S/C14H15NO2/c1-13(17,10-16)14(9-15)8-4-6-11-5-2-3-7-12(11)14/h2-3,5,7,10,17H,4,6,8H2,1H3. The summed E-state index contributed by atoms with van der Waals surface area (Å²) < 4.78 is 0. The number of carbonyl (C=O) groups is 1. The van der Waals surface area contributed by atoms with Gasteiger partial charge in [0, 0.05) is 0 Å². The molecule has 0 radical (unpaired) electrons. The topological polar surface area (TPSA) is 61.1 Å². The summed E-state index contributed by atoms with van der Waals surface area (Å²) in [6.45, 7) is 1.42. The summed E-state index contributed by atoms with van der Waals surface area (Å²) in [4.78, 5) is 11.1. The highest BCUT2D eigenvalue weighted by molar-refractivity contribution is 5.68. The molecule has 1 aliphatic rings. The Morgan fingerprint density at radius 3 is 2.88 bits per heavy atom. The minimum absolute atomic E-state index is 0.484. The number of carbonyl (C=O) groups excluding carboxylic acids is 1. The second-order valence-electron chi connectivity index (χ2n) is 4.79. The van der Waals surface area contributed by atoms with Crippen LogP contribution < -0.4 is 0 Å². The van der Waals surface area contributed by atoms with E-state index >= 15 is 0 Å². The lowest BCUT2D eigenvalue weighted by Gasteiger charge is -2.40. The average molecular weight is 229 g/mol. The molecule has 0 fully saturated rings. The predicted octanol–water partition coefficient (Wildman–Crippen LogP) is 1.73. The summed E-state index contributed by atoms with van der Waals surface area (Å²) in [5.74, 6) is 0. The van der Waals surface area contributed by atoms with Crippen molar-refractivity contribution in [3.8, 4) is 6.07 Å². The molecule has 2 atom stereocenters. The first-order valence-electron chi connectivity index (χ1n) is 5.76. The number of fused-ring (bicyclic) bond motifs is 1. The Labute approximate surface area is 101 Å². The van der Waals surface area contributed by atoms with Crippen molar-refractivity contribution in [3.05, 3.63) is 35.4 Å². The molecule has 0 bridgehead atoms. The van der Waals surface area contributed by atoms with Crippen molar-refractivity contribution in [2.24, 2.45) is 0 Å². The molecule has 0 amide bonds. The largest absolute Gasteiger partial charge is 0.381 e. The molecule has 0 aromatic heterocycles. The van der Waals surface area contributed by atoms with E-state index in [1.54, 1.807) is 0 Å². The lowest BCUT2D eigenvalue weighted by atomic mass is 9.62. The van der Waals surface area contributed by atoms with Gasteiger partial charge >= 0.3 is 0 Å². The maximum Gasteiger partial charge on any atom is 0.153 e. The predicted molar refractivity (Wildman–Crippen MR) is 63.4 cm³/mol. The second-order valence-corrected chi connectivity index (χ2v) is 4.79. The number of aldehydes is 1. The van der Waals surface area contributed by atoms with E-state index in [0.29, 0.717) is 12.7 Å². The van der Waals surface area contributed by atoms with Crippen LogP contribution in [-0.2, 0) is 16.6 Å². The fourth-order valence-electron chi connectivity index (χ4n) is 2.69. The molecular formula is C14H15NO2. The van der Waals surface area contributed by atoms with E-state index in [1.807, 2.05) is 24.3 Å². The third-order valence-electron chi connectivity index (χ3n) is 3.76. The van der Waals surface area contributed by atoms with Gasteiger partial charge in [-0.1, -0.05) is 24.3 Å². The molecule has 0 heterocycles. The number of aliphatic hydroxyl groups is 1. The van der Waals surface area contributed by atoms with Crippen LogP contribution in [0.1, 0.15) is 30.9 Å². The van der Waals surface area contributed by atoms with Crippen LogP contribution in [0, 0.1) is 11.3 Å². The zero-order chi connectivity index (χ0) is 12.5. The van der Waals surface area contributed by atoms with Gasteiger partial charge in [0.25, 0.3) is 0 Å². The summed E-state index contributed by atoms with van der Waals surface area (Å²) in [6.07, 6.45) is 2.72. The normalized spacial score (nSPS) is 26.4. The molecule has 3 nitrogen and oxygen atoms in total. The second kappa shape index (κ2) is 3.97. The van der Waals surface area contributed by atoms with Crippen LogP contribution in [-0.4, -0.2) is 17.0 Å². The van der Waals surface area contributed by atoms with Crippen molar-refractivity contribution >= 4 is 6.29 Å². The van der Waals surface area contributed by atoms with E-state index in [9.17, 15) is 15.2 Å². The molecule has 2 rings (SSSR count). The van der Waals surface area contributed by atoms with Crippen molar-refractivity contribution in [1.29, 1.82) is 5.26 Å². The molecule has 0 saturated carbocycles. The maximum atomic E-state index is 11.1. The first-order valence-corrected chi connectivity index (χ1v) is 5.76. The summed E-state index contributed by atoms with van der Waals surface area (Å²) in [6, 6.07) is 9.75. The maximum absolute atomic E-state index is 11.1. The Balaban J connectivity index is 2.67. The number of nitrogens with zero attached hydrogens (tertiary/aromatic N) is 1. The van der Waals surface area contributed by atoms with Gasteiger partial charge in [-0.2, -0.15) is 5.26 Å². The first kappa shape index (κ1) is 11.8. The Bertz CT molecular complexity index is 487. The summed E-state index contributed by atoms with van der Waals surface area (Å²) in [5.41, 5.74) is -0.893. The van der Waals surface area contributed by atoms with E-state index in [0.717, 1.165) is 24.0 Å². The molecule has 2 unspecified atom stereocenters. The Hall–Kier alpha value is -1.66. The number of rotatable bonds is 2. The number of benzene rings is 1. The molecule has 1 aromatic rings. The molecule has 1 N–H and O–H groups in total. The molecular weight excluding hydrogens is 214 g/mol. The van der Waals surface area contributed by atoms with Gasteiger partial charge < -0.3 is 9.90 Å². The number of hydrogen-bond acceptors (Lipinski definition) is 3. The van der Waals surface area contributed by atoms with Crippen LogP contribution >= 0.6 is 0 Å². The van der Waals surface area contributed by atoms with Gasteiger partial charge in [0.15, 0.2) is 6.29 Å². The molecule has 3 heteroatoms. The molecule has 0 aliphatic heterocycles. The monoisotopic (exact) mass is 229 g/mol. The minimum atomic E-state index is -1.64. The van der Waals surface area contributed by atoms with E-state index < -0.39 is 11.0 Å². The average Bonchev–Trinajstić information content (AvgIpc) is 2.37. The van der Waals surface area contributed by atoms with Crippen molar-refractivity contribution in [2.45, 2.75) is 37.2 Å². The summed E-state index contributed by atoms with van der Waals surface area (Å²) in [5, 5.41) is 19.7. The van der Waals surface area contributed by atoms with Crippen LogP contribution in [0.2, 0.25) is 0 Å². The Morgan fingerprint density at radius 1 is 1.53 bits per heavy atom. The quantitative estimate of drug-likeness (QED) is 0.786. The SMILES string of the molecule is CC(O)(C=O)C1(C#N)CCCc2ccccc21. The van der Waals surface area contributed by atoms with E-state index in [2.05, 4.69) is 6.07 Å². The van der Waals surface area contributed by atoms with Gasteiger partial charge in [0.05, 0.1) is 6.07 Å². The van der Waals surface area contributed by atoms with Crippen molar-refractivity contribution in [2.75, 3.05) is 0 Å². The summed E-state index contributed by atoms with van der Waals surface area (Å²) in [7, 11) is 0. The third kappa shape index (κ3) is 1.57. The zero-order valence-electron chi connectivity index (χ0n) is 9.81. The van der Waals surface area contributed by atoms with Crippen LogP contribution in [0.25, 0.3) is 0 Å². The highest BCUT2D eigenvalue weighted by Gasteiger charge is 2.51. The van der Waals surface area contributed by atoms with Gasteiger partial charge in [-0.25, -0.2) is 0 Å². The lowest BCUT2D eigenvalue weighted by Crippen LogP contribution is -2.51. The summed E-state index contributed by atoms with van der Waals surface area (Å²) >= 11 is 0. The van der Waals surface area contributed by atoms with Crippen LogP contribution in [0.5, 0.6) is 0 Å². The minimum Gasteiger partial charge on any atom is -0.381 e. The molecule has 88 valence electrons. The van der Waals surface area contributed by atoms with Gasteiger partial charge in [-0.3, -0.25) is 0 Å². The Morgan fingerprint density at radius 2 is 2.24 bits per heavy atom. The molecule has 0 saturated heterocycles. The molecule has 1 aromatic carbocycles. The third-order valence-corrected chi connectivity index (χ3v) is 3.76. The zero-order valence-corrected chi connectivity index (χ0v) is 9.81. The van der Waals surface area contributed by atoms with Crippen molar-refractivity contribution in [3.63, 3.8) is 0 Å². The van der Waals surface area contributed by atoms with Gasteiger partial charge in [-0.05, 0) is 37.3 Å². The highest BCUT2D eigenvalue weighted by atomic mass is 16.3. The fourth-order valence-corrected chi connectivity index (χ4v) is 2.69. The van der Waals surface area contributed by atoms with Gasteiger partial charge in [0.2, 0.25) is 0 Å². The van der Waals surface area contributed by atoms with Crippen LogP contribution in [0.15, 0.2) is 24.3 Å². The molecule has 0 spiro atoms. The highest BCUT2D eigenvalue weighted by Crippen LogP contribution is 2.43. The van der Waals surface area contributed by atoms with Gasteiger partial charge in [-0.15, -0.1) is 0 Å². The van der Waals surface area contributed by atoms with Crippen molar-refractivity contribution < 1.29 is 9.90 Å². The first-order chi connectivity index (χ1) is 8.07. The fraction of sp³-hybridized carbons (Fsp3) is 0.429. The number of aryl methyl sites for hydroxylation is 1. The number of nitriles is 1. The van der Waals surface area contributed by atoms with E-state index in [1.165, 1.54) is 6.92 Å². The molecule has 17 heavy (non-hydrogen) atoms. The Kier molecular flexibility index (Phi) is 2.76.